The van der Waals surface area contributed by atoms with Crippen LogP contribution in [0.15, 0.2) is 29.4 Å². The highest BCUT2D eigenvalue weighted by Crippen LogP contribution is 2.37. The number of hydrogen-bond acceptors (Lipinski definition) is 11. The van der Waals surface area contributed by atoms with E-state index in [9.17, 15) is 19.2 Å². The summed E-state index contributed by atoms with van der Waals surface area (Å²) in [4.78, 5) is 47.5. The minimum Gasteiger partial charge on any atom is -0.463 e. The second kappa shape index (κ2) is 12.4. The average molecular weight is 555 g/mol. The van der Waals surface area contributed by atoms with Gasteiger partial charge in [0.2, 0.25) is 5.91 Å². The first kappa shape index (κ1) is 28.4. The van der Waals surface area contributed by atoms with Gasteiger partial charge in [0.1, 0.15) is 24.2 Å². The molecule has 1 aromatic heterocycles. The topological polar surface area (TPSA) is 148 Å². The second-order valence-corrected chi connectivity index (χ2v) is 9.66. The molecule has 1 aromatic carbocycles. The molecule has 0 radical (unpaired) electrons. The molecule has 2 heterocycles. The van der Waals surface area contributed by atoms with E-state index in [0.29, 0.717) is 21.6 Å². The van der Waals surface area contributed by atoms with Crippen LogP contribution in [0.1, 0.15) is 27.7 Å². The summed E-state index contributed by atoms with van der Waals surface area (Å²) in [5.41, 5.74) is -0.253. The van der Waals surface area contributed by atoms with Crippen LogP contribution >= 0.6 is 23.4 Å². The number of halogens is 1. The maximum Gasteiger partial charge on any atom is 0.303 e. The van der Waals surface area contributed by atoms with Gasteiger partial charge in [-0.15, -0.1) is 10.2 Å². The van der Waals surface area contributed by atoms with E-state index in [4.69, 9.17) is 30.5 Å². The number of esters is 3. The van der Waals surface area contributed by atoms with Crippen LogP contribution in [0.4, 0.5) is 0 Å². The normalized spacial score (nSPS) is 23.1. The summed E-state index contributed by atoms with van der Waals surface area (Å²) in [6, 6.07) is 6.17. The molecule has 200 valence electrons. The van der Waals surface area contributed by atoms with Crippen LogP contribution in [-0.2, 0) is 45.2 Å². The van der Waals surface area contributed by atoms with E-state index in [1.807, 2.05) is 6.07 Å². The zero-order valence-corrected chi connectivity index (χ0v) is 22.4. The van der Waals surface area contributed by atoms with Gasteiger partial charge in [0.15, 0.2) is 23.2 Å². The molecule has 0 spiro atoms. The van der Waals surface area contributed by atoms with Crippen LogP contribution in [-0.4, -0.2) is 75.0 Å². The number of amides is 1. The minimum absolute atomic E-state index is 0.293. The molecule has 1 amide bonds. The van der Waals surface area contributed by atoms with Gasteiger partial charge in [0.25, 0.3) is 0 Å². The molecule has 0 saturated carbocycles. The molecule has 14 heteroatoms. The number of benzene rings is 1. The van der Waals surface area contributed by atoms with Crippen LogP contribution < -0.4 is 5.32 Å². The van der Waals surface area contributed by atoms with Crippen LogP contribution in [0.25, 0.3) is 11.4 Å². The monoisotopic (exact) mass is 554 g/mol. The van der Waals surface area contributed by atoms with Gasteiger partial charge in [-0.2, -0.15) is 0 Å². The standard InChI is InChI=1S/C23H27ClN4O8S/c1-11(29)25-18-20(35-14(4)32)19(34-13(3)31)17(10-33-12(2)30)36-22(18)37-23-27-26-21(28(23)5)15-8-6-7-9-16(15)24/h6-9,17-20,22H,10H2,1-5H3,(H,25,29)/t17-,18+,19-,20-,22+/m1/s1. The number of thioether (sulfide) groups is 1. The number of carbonyl (C=O) groups is 4. The van der Waals surface area contributed by atoms with E-state index in [0.717, 1.165) is 11.8 Å². The fourth-order valence-electron chi connectivity index (χ4n) is 3.79. The third kappa shape index (κ3) is 7.21. The average Bonchev–Trinajstić information content (AvgIpc) is 3.15. The highest BCUT2D eigenvalue weighted by atomic mass is 35.5. The lowest BCUT2D eigenvalue weighted by Crippen LogP contribution is -2.65. The van der Waals surface area contributed by atoms with Crippen molar-refractivity contribution in [2.45, 2.75) is 62.6 Å². The number of carbonyl (C=O) groups excluding carboxylic acids is 4. The Kier molecular flexibility index (Phi) is 9.51. The largest absolute Gasteiger partial charge is 0.463 e. The third-order valence-corrected chi connectivity index (χ3v) is 6.77. The zero-order chi connectivity index (χ0) is 27.3. The molecule has 1 aliphatic rings. The lowest BCUT2D eigenvalue weighted by atomic mass is 9.97. The number of hydrogen-bond donors (Lipinski definition) is 1. The van der Waals surface area contributed by atoms with Gasteiger partial charge < -0.3 is 28.8 Å². The first-order chi connectivity index (χ1) is 17.5. The van der Waals surface area contributed by atoms with Gasteiger partial charge in [0, 0.05) is 40.3 Å². The van der Waals surface area contributed by atoms with E-state index in [1.54, 1.807) is 29.8 Å². The molecule has 3 rings (SSSR count). The van der Waals surface area contributed by atoms with Crippen molar-refractivity contribution in [2.24, 2.45) is 7.05 Å². The summed E-state index contributed by atoms with van der Waals surface area (Å²) in [6.45, 7) is 4.58. The van der Waals surface area contributed by atoms with Crippen LogP contribution in [0.2, 0.25) is 5.02 Å². The van der Waals surface area contributed by atoms with Crippen LogP contribution in [0.3, 0.4) is 0 Å². The number of rotatable bonds is 8. The molecule has 0 aliphatic carbocycles. The Bertz CT molecular complexity index is 1180. The van der Waals surface area contributed by atoms with Crippen molar-refractivity contribution in [3.05, 3.63) is 29.3 Å². The summed E-state index contributed by atoms with van der Waals surface area (Å²) in [6.07, 6.45) is -3.35. The molecule has 0 unspecified atom stereocenters. The summed E-state index contributed by atoms with van der Waals surface area (Å²) < 4.78 is 23.9. The molecule has 2 aromatic rings. The van der Waals surface area contributed by atoms with E-state index >= 15 is 0 Å². The van der Waals surface area contributed by atoms with Gasteiger partial charge in [-0.1, -0.05) is 35.5 Å². The molecular formula is C23H27ClN4O8S. The fraction of sp³-hybridized carbons (Fsp3) is 0.478. The fourth-order valence-corrected chi connectivity index (χ4v) is 5.12. The minimum atomic E-state index is -1.17. The summed E-state index contributed by atoms with van der Waals surface area (Å²) in [7, 11) is 1.73. The number of aromatic nitrogens is 3. The Labute approximate surface area is 222 Å². The molecular weight excluding hydrogens is 528 g/mol. The van der Waals surface area contributed by atoms with Crippen molar-refractivity contribution in [3.8, 4) is 11.4 Å². The van der Waals surface area contributed by atoms with E-state index < -0.39 is 53.6 Å². The van der Waals surface area contributed by atoms with Crippen LogP contribution in [0.5, 0.6) is 0 Å². The Balaban J connectivity index is 2.00. The smallest absolute Gasteiger partial charge is 0.303 e. The van der Waals surface area contributed by atoms with Gasteiger partial charge in [-0.25, -0.2) is 0 Å². The van der Waals surface area contributed by atoms with E-state index in [2.05, 4.69) is 15.5 Å². The second-order valence-electron chi connectivity index (χ2n) is 8.18. The van der Waals surface area contributed by atoms with Gasteiger partial charge in [-0.3, -0.25) is 19.2 Å². The molecule has 0 bridgehead atoms. The van der Waals surface area contributed by atoms with E-state index in [-0.39, 0.29) is 6.61 Å². The predicted octanol–water partition coefficient (Wildman–Crippen LogP) is 1.88. The van der Waals surface area contributed by atoms with Crippen LogP contribution in [0, 0.1) is 0 Å². The zero-order valence-electron chi connectivity index (χ0n) is 20.8. The van der Waals surface area contributed by atoms with Crippen molar-refractivity contribution in [2.75, 3.05) is 6.61 Å². The molecule has 12 nitrogen and oxygen atoms in total. The van der Waals surface area contributed by atoms with Gasteiger partial charge >= 0.3 is 17.9 Å². The third-order valence-electron chi connectivity index (χ3n) is 5.24. The first-order valence-electron chi connectivity index (χ1n) is 11.2. The quantitative estimate of drug-likeness (QED) is 0.376. The van der Waals surface area contributed by atoms with Crippen molar-refractivity contribution in [1.82, 2.24) is 20.1 Å². The molecule has 5 atom stereocenters. The Hall–Kier alpha value is -3.16. The Morgan fingerprint density at radius 3 is 2.27 bits per heavy atom. The summed E-state index contributed by atoms with van der Waals surface area (Å²) in [5.74, 6) is -1.88. The summed E-state index contributed by atoms with van der Waals surface area (Å²) in [5, 5.41) is 12.1. The lowest BCUT2D eigenvalue weighted by Gasteiger charge is -2.44. The van der Waals surface area contributed by atoms with Crippen molar-refractivity contribution < 1.29 is 38.1 Å². The summed E-state index contributed by atoms with van der Waals surface area (Å²) >= 11 is 7.41. The molecule has 1 fully saturated rings. The van der Waals surface area contributed by atoms with Crippen molar-refractivity contribution in [1.29, 1.82) is 0 Å². The maximum atomic E-state index is 12.1. The molecule has 1 N–H and O–H groups in total. The SMILES string of the molecule is CC(=O)N[C@H]1[C@@H](OC(C)=O)[C@H](OC(C)=O)[C@@H](COC(C)=O)O[C@H]1Sc1nnc(-c2ccccc2Cl)n1C. The number of nitrogens with one attached hydrogen (secondary N) is 1. The Morgan fingerprint density at radius 2 is 1.68 bits per heavy atom. The number of nitrogens with zero attached hydrogens (tertiary/aromatic N) is 3. The predicted molar refractivity (Wildman–Crippen MR) is 131 cm³/mol. The highest BCUT2D eigenvalue weighted by Gasteiger charge is 2.51. The van der Waals surface area contributed by atoms with Crippen molar-refractivity contribution in [3.63, 3.8) is 0 Å². The van der Waals surface area contributed by atoms with Gasteiger partial charge in [-0.05, 0) is 12.1 Å². The lowest BCUT2D eigenvalue weighted by molar-refractivity contribution is -0.211. The maximum absolute atomic E-state index is 12.1. The molecule has 1 aliphatic heterocycles. The molecule has 1 saturated heterocycles. The first-order valence-corrected chi connectivity index (χ1v) is 12.4. The highest BCUT2D eigenvalue weighted by molar-refractivity contribution is 7.99. The van der Waals surface area contributed by atoms with Gasteiger partial charge in [0.05, 0.1) is 5.02 Å². The number of ether oxygens (including phenoxy) is 4. The van der Waals surface area contributed by atoms with Crippen molar-refractivity contribution >= 4 is 47.2 Å². The molecule has 37 heavy (non-hydrogen) atoms. The Morgan fingerprint density at radius 1 is 1.03 bits per heavy atom. The van der Waals surface area contributed by atoms with E-state index in [1.165, 1.54) is 27.7 Å².